The smallest absolute Gasteiger partial charge is 0.123 e. The molecule has 94 valence electrons. The van der Waals surface area contributed by atoms with E-state index in [-0.39, 0.29) is 0 Å². The fraction of sp³-hybridized carbons (Fsp3) is 0.933. The molecule has 0 aromatic carbocycles. The van der Waals surface area contributed by atoms with Crippen LogP contribution in [0.4, 0.5) is 0 Å². The van der Waals surface area contributed by atoms with Crippen LogP contribution in [0.3, 0.4) is 0 Å². The van der Waals surface area contributed by atoms with E-state index in [9.17, 15) is 4.79 Å². The Kier molecular flexibility index (Phi) is 6.08. The van der Waals surface area contributed by atoms with Gasteiger partial charge in [0, 0.05) is 5.92 Å². The quantitative estimate of drug-likeness (QED) is 0.633. The molecule has 0 bridgehead atoms. The highest BCUT2D eigenvalue weighted by molar-refractivity contribution is 5.55. The van der Waals surface area contributed by atoms with Gasteiger partial charge in [-0.15, -0.1) is 0 Å². The van der Waals surface area contributed by atoms with Crippen molar-refractivity contribution in [1.82, 2.24) is 0 Å². The molecule has 1 heteroatoms. The molecule has 0 N–H and O–H groups in total. The average molecular weight is 224 g/mol. The molecule has 0 aliphatic heterocycles. The van der Waals surface area contributed by atoms with Gasteiger partial charge in [0.25, 0.3) is 0 Å². The van der Waals surface area contributed by atoms with Crippen molar-refractivity contribution in [3.8, 4) is 0 Å². The summed E-state index contributed by atoms with van der Waals surface area (Å²) in [5.41, 5.74) is 0.319. The highest BCUT2D eigenvalue weighted by Gasteiger charge is 2.34. The third-order valence-corrected chi connectivity index (χ3v) is 4.80. The highest BCUT2D eigenvalue weighted by Crippen LogP contribution is 2.42. The number of hydrogen-bond acceptors (Lipinski definition) is 1. The lowest BCUT2D eigenvalue weighted by molar-refractivity contribution is -0.116. The van der Waals surface area contributed by atoms with E-state index in [0.717, 1.165) is 6.42 Å². The molecule has 1 rings (SSSR count). The summed E-state index contributed by atoms with van der Waals surface area (Å²) in [5, 5.41) is 0. The molecule has 16 heavy (non-hydrogen) atoms. The summed E-state index contributed by atoms with van der Waals surface area (Å²) in [6.45, 7) is 4.54. The van der Waals surface area contributed by atoms with Crippen molar-refractivity contribution in [2.24, 2.45) is 11.3 Å². The molecule has 0 aromatic rings. The summed E-state index contributed by atoms with van der Waals surface area (Å²) in [7, 11) is 0. The fourth-order valence-electron chi connectivity index (χ4n) is 3.38. The molecule has 0 spiro atoms. The van der Waals surface area contributed by atoms with Gasteiger partial charge in [-0.2, -0.15) is 0 Å². The van der Waals surface area contributed by atoms with Crippen LogP contribution in [0.25, 0.3) is 0 Å². The molecule has 0 heterocycles. The lowest BCUT2D eigenvalue weighted by Gasteiger charge is -2.38. The summed E-state index contributed by atoms with van der Waals surface area (Å²) >= 11 is 0. The molecule has 1 atom stereocenters. The van der Waals surface area contributed by atoms with Gasteiger partial charge in [-0.3, -0.25) is 0 Å². The zero-order valence-electron chi connectivity index (χ0n) is 11.1. The largest absolute Gasteiger partial charge is 0.303 e. The molecule has 1 unspecified atom stereocenters. The highest BCUT2D eigenvalue weighted by atomic mass is 16.1. The van der Waals surface area contributed by atoms with Crippen molar-refractivity contribution in [2.45, 2.75) is 78.1 Å². The first-order chi connectivity index (χ1) is 7.79. The molecule has 0 saturated heterocycles. The maximum Gasteiger partial charge on any atom is 0.123 e. The number of aldehydes is 1. The van der Waals surface area contributed by atoms with Crippen molar-refractivity contribution in [3.63, 3.8) is 0 Å². The van der Waals surface area contributed by atoms with E-state index < -0.39 is 0 Å². The Morgan fingerprint density at radius 1 is 1.00 bits per heavy atom. The van der Waals surface area contributed by atoms with E-state index in [0.29, 0.717) is 11.3 Å². The minimum Gasteiger partial charge on any atom is -0.303 e. The Morgan fingerprint density at radius 3 is 2.12 bits per heavy atom. The van der Waals surface area contributed by atoms with E-state index in [1.54, 1.807) is 0 Å². The van der Waals surface area contributed by atoms with Gasteiger partial charge in [0.15, 0.2) is 0 Å². The Labute approximate surface area is 101 Å². The fourth-order valence-corrected chi connectivity index (χ4v) is 3.38. The van der Waals surface area contributed by atoms with Crippen molar-refractivity contribution < 1.29 is 4.79 Å². The molecule has 1 aliphatic rings. The maximum absolute atomic E-state index is 11.4. The van der Waals surface area contributed by atoms with Crippen molar-refractivity contribution in [1.29, 1.82) is 0 Å². The minimum absolute atomic E-state index is 0.319. The number of rotatable bonds is 3. The van der Waals surface area contributed by atoms with Gasteiger partial charge in [-0.1, -0.05) is 52.4 Å². The van der Waals surface area contributed by atoms with Crippen LogP contribution >= 0.6 is 0 Å². The zero-order valence-corrected chi connectivity index (χ0v) is 11.1. The van der Waals surface area contributed by atoms with Crippen LogP contribution in [-0.4, -0.2) is 6.29 Å². The Balaban J connectivity index is 2.72. The van der Waals surface area contributed by atoms with Crippen molar-refractivity contribution >= 4 is 6.29 Å². The van der Waals surface area contributed by atoms with Gasteiger partial charge in [0.2, 0.25) is 0 Å². The standard InChI is InChI=1S/C15H28O/c1-3-15(4-2)12-10-8-6-5-7-9-11-14(15)13-16/h13-14H,3-12H2,1-2H3. The summed E-state index contributed by atoms with van der Waals surface area (Å²) in [5.74, 6) is 0.320. The topological polar surface area (TPSA) is 17.1 Å². The van der Waals surface area contributed by atoms with E-state index in [4.69, 9.17) is 0 Å². The predicted molar refractivity (Wildman–Crippen MR) is 69.5 cm³/mol. The minimum atomic E-state index is 0.319. The molecule has 0 radical (unpaired) electrons. The van der Waals surface area contributed by atoms with Crippen LogP contribution in [0.5, 0.6) is 0 Å². The third kappa shape index (κ3) is 3.33. The van der Waals surface area contributed by atoms with Gasteiger partial charge in [-0.05, 0) is 31.1 Å². The second-order valence-corrected chi connectivity index (χ2v) is 5.47. The van der Waals surface area contributed by atoms with Crippen LogP contribution in [0.1, 0.15) is 78.1 Å². The van der Waals surface area contributed by atoms with E-state index >= 15 is 0 Å². The molecular weight excluding hydrogens is 196 g/mol. The van der Waals surface area contributed by atoms with Gasteiger partial charge in [0.05, 0.1) is 0 Å². The molecular formula is C15H28O. The lowest BCUT2D eigenvalue weighted by atomic mass is 9.66. The summed E-state index contributed by atoms with van der Waals surface area (Å²) in [6.07, 6.45) is 14.0. The van der Waals surface area contributed by atoms with Crippen LogP contribution < -0.4 is 0 Å². The monoisotopic (exact) mass is 224 g/mol. The molecule has 1 aliphatic carbocycles. The Morgan fingerprint density at radius 2 is 1.56 bits per heavy atom. The van der Waals surface area contributed by atoms with Crippen LogP contribution in [-0.2, 0) is 4.79 Å². The summed E-state index contributed by atoms with van der Waals surface area (Å²) in [6, 6.07) is 0. The number of hydrogen-bond donors (Lipinski definition) is 0. The number of carbonyl (C=O) groups is 1. The normalized spacial score (nSPS) is 27.2. The van der Waals surface area contributed by atoms with E-state index in [2.05, 4.69) is 13.8 Å². The van der Waals surface area contributed by atoms with Crippen LogP contribution in [0.2, 0.25) is 0 Å². The van der Waals surface area contributed by atoms with Crippen LogP contribution in [0.15, 0.2) is 0 Å². The molecule has 1 nitrogen and oxygen atoms in total. The third-order valence-electron chi connectivity index (χ3n) is 4.80. The van der Waals surface area contributed by atoms with Crippen molar-refractivity contribution in [3.05, 3.63) is 0 Å². The molecule has 1 saturated carbocycles. The SMILES string of the molecule is CCC1(CC)CCCCCCCCC1C=O. The maximum atomic E-state index is 11.4. The first-order valence-electron chi connectivity index (χ1n) is 7.24. The van der Waals surface area contributed by atoms with Gasteiger partial charge in [0.1, 0.15) is 6.29 Å². The van der Waals surface area contributed by atoms with Gasteiger partial charge < -0.3 is 4.79 Å². The van der Waals surface area contributed by atoms with Crippen molar-refractivity contribution in [2.75, 3.05) is 0 Å². The zero-order chi connectivity index (χ0) is 11.9. The average Bonchev–Trinajstić information content (AvgIpc) is 2.34. The van der Waals surface area contributed by atoms with Crippen LogP contribution in [0, 0.1) is 11.3 Å². The molecule has 0 amide bonds. The molecule has 1 fully saturated rings. The lowest BCUT2D eigenvalue weighted by Crippen LogP contribution is -2.31. The first-order valence-corrected chi connectivity index (χ1v) is 7.24. The second-order valence-electron chi connectivity index (χ2n) is 5.47. The Bertz CT molecular complexity index is 194. The summed E-state index contributed by atoms with van der Waals surface area (Å²) < 4.78 is 0. The Hall–Kier alpha value is -0.330. The molecule has 0 aromatic heterocycles. The number of carbonyl (C=O) groups excluding carboxylic acids is 1. The van der Waals surface area contributed by atoms with E-state index in [1.807, 2.05) is 0 Å². The van der Waals surface area contributed by atoms with Gasteiger partial charge in [-0.25, -0.2) is 0 Å². The predicted octanol–water partition coefficient (Wildman–Crippen LogP) is 4.74. The summed E-state index contributed by atoms with van der Waals surface area (Å²) in [4.78, 5) is 11.4. The van der Waals surface area contributed by atoms with E-state index in [1.165, 1.54) is 64.1 Å². The van der Waals surface area contributed by atoms with Gasteiger partial charge >= 0.3 is 0 Å². The first kappa shape index (κ1) is 13.7. The second kappa shape index (κ2) is 7.09.